The zero-order valence-corrected chi connectivity index (χ0v) is 11.7. The molecule has 0 saturated heterocycles. The van der Waals surface area contributed by atoms with Crippen LogP contribution in [-0.4, -0.2) is 43.9 Å². The van der Waals surface area contributed by atoms with Crippen LogP contribution in [0.2, 0.25) is 0 Å². The molecule has 0 fully saturated rings. The van der Waals surface area contributed by atoms with Crippen molar-refractivity contribution in [3.63, 3.8) is 0 Å². The van der Waals surface area contributed by atoms with E-state index in [4.69, 9.17) is 5.84 Å². The Bertz CT molecular complexity index is 649. The van der Waals surface area contributed by atoms with E-state index in [1.54, 1.807) is 0 Å². The van der Waals surface area contributed by atoms with Crippen molar-refractivity contribution in [2.45, 2.75) is 24.4 Å². The van der Waals surface area contributed by atoms with E-state index in [2.05, 4.69) is 25.1 Å². The fourth-order valence-electron chi connectivity index (χ4n) is 2.22. The fraction of sp³-hybridized carbons (Fsp3) is 0.455. The monoisotopic (exact) mass is 294 g/mol. The summed E-state index contributed by atoms with van der Waals surface area (Å²) in [4.78, 5) is 11.1. The quantitative estimate of drug-likeness (QED) is 0.468. The first kappa shape index (κ1) is 13.0. The first-order valence-electron chi connectivity index (χ1n) is 6.17. The summed E-state index contributed by atoms with van der Waals surface area (Å²) >= 11 is 1.18. The van der Waals surface area contributed by atoms with Gasteiger partial charge >= 0.3 is 5.97 Å². The summed E-state index contributed by atoms with van der Waals surface area (Å²) < 4.78 is 5.94. The molecule has 1 aliphatic rings. The van der Waals surface area contributed by atoms with E-state index in [1.807, 2.05) is 0 Å². The van der Waals surface area contributed by atoms with E-state index in [0.29, 0.717) is 11.0 Å². The first-order valence-corrected chi connectivity index (χ1v) is 7.16. The van der Waals surface area contributed by atoms with Gasteiger partial charge in [-0.25, -0.2) is 4.68 Å². The van der Waals surface area contributed by atoms with Crippen LogP contribution in [0.4, 0.5) is 0 Å². The number of thioether (sulfide) groups is 1. The maximum atomic E-state index is 11.1. The van der Waals surface area contributed by atoms with E-state index < -0.39 is 0 Å². The predicted octanol–water partition coefficient (Wildman–Crippen LogP) is 0.136. The van der Waals surface area contributed by atoms with E-state index in [0.717, 1.165) is 36.2 Å². The van der Waals surface area contributed by atoms with Gasteiger partial charge in [0.2, 0.25) is 11.0 Å². The minimum atomic E-state index is -0.333. The summed E-state index contributed by atoms with van der Waals surface area (Å²) in [5, 5.41) is 15.8. The molecular weight excluding hydrogens is 280 g/mol. The summed E-state index contributed by atoms with van der Waals surface area (Å²) in [6, 6.07) is 0. The lowest BCUT2D eigenvalue weighted by Crippen LogP contribution is -2.13. The van der Waals surface area contributed by atoms with Gasteiger partial charge in [-0.15, -0.1) is 10.2 Å². The van der Waals surface area contributed by atoms with Crippen molar-refractivity contribution in [2.24, 2.45) is 0 Å². The number of ether oxygens (including phenoxy) is 1. The van der Waals surface area contributed by atoms with Gasteiger partial charge in [0.25, 0.3) is 0 Å². The number of carbonyl (C=O) groups is 1. The van der Waals surface area contributed by atoms with Gasteiger partial charge in [-0.2, -0.15) is 5.10 Å². The third kappa shape index (κ3) is 2.13. The minimum Gasteiger partial charge on any atom is -0.468 e. The number of rotatable bonds is 4. The highest BCUT2D eigenvalue weighted by molar-refractivity contribution is 7.99. The molecule has 0 radical (unpaired) electrons. The number of hydrogen-bond acceptors (Lipinski definition) is 7. The van der Waals surface area contributed by atoms with Gasteiger partial charge in [0.15, 0.2) is 0 Å². The van der Waals surface area contributed by atoms with Crippen LogP contribution in [0.25, 0.3) is 11.5 Å². The molecule has 0 atom stereocenters. The van der Waals surface area contributed by atoms with Gasteiger partial charge in [-0.3, -0.25) is 9.89 Å². The highest BCUT2D eigenvalue weighted by atomic mass is 32.2. The molecule has 20 heavy (non-hydrogen) atoms. The Morgan fingerprint density at radius 3 is 3.15 bits per heavy atom. The molecule has 9 heteroatoms. The highest BCUT2D eigenvalue weighted by Crippen LogP contribution is 2.29. The Labute approximate surface area is 119 Å². The maximum absolute atomic E-state index is 11.1. The van der Waals surface area contributed by atoms with Crippen LogP contribution in [0.3, 0.4) is 0 Å². The largest absolute Gasteiger partial charge is 0.468 e. The van der Waals surface area contributed by atoms with Crippen molar-refractivity contribution in [1.82, 2.24) is 25.1 Å². The molecule has 1 aliphatic carbocycles. The second-order valence-corrected chi connectivity index (χ2v) is 5.37. The summed E-state index contributed by atoms with van der Waals surface area (Å²) in [7, 11) is 1.34. The summed E-state index contributed by atoms with van der Waals surface area (Å²) in [6.07, 6.45) is 3.09. The molecule has 2 aromatic heterocycles. The van der Waals surface area contributed by atoms with Crippen molar-refractivity contribution in [2.75, 3.05) is 18.7 Å². The van der Waals surface area contributed by atoms with Gasteiger partial charge < -0.3 is 10.6 Å². The Balaban J connectivity index is 1.84. The van der Waals surface area contributed by atoms with E-state index in [1.165, 1.54) is 23.5 Å². The number of methoxy groups -OCH3 is 1. The zero-order chi connectivity index (χ0) is 14.1. The molecule has 0 unspecified atom stereocenters. The van der Waals surface area contributed by atoms with Crippen LogP contribution in [0.5, 0.6) is 0 Å². The second kappa shape index (κ2) is 5.16. The van der Waals surface area contributed by atoms with Crippen LogP contribution in [-0.2, 0) is 22.4 Å². The van der Waals surface area contributed by atoms with Gasteiger partial charge in [-0.1, -0.05) is 11.8 Å². The first-order chi connectivity index (χ1) is 9.70. The number of aromatic amines is 1. The minimum absolute atomic E-state index is 0.143. The maximum Gasteiger partial charge on any atom is 0.316 e. The van der Waals surface area contributed by atoms with Gasteiger partial charge in [0.1, 0.15) is 5.69 Å². The summed E-state index contributed by atoms with van der Waals surface area (Å²) in [5.41, 5.74) is 3.05. The molecule has 0 bridgehead atoms. The van der Waals surface area contributed by atoms with Gasteiger partial charge in [-0.05, 0) is 19.3 Å². The number of esters is 1. The van der Waals surface area contributed by atoms with Crippen molar-refractivity contribution >= 4 is 17.7 Å². The molecule has 3 N–H and O–H groups in total. The molecule has 106 valence electrons. The number of nitrogen functional groups attached to an aromatic ring is 1. The molecule has 0 aliphatic heterocycles. The molecular formula is C11H14N6O2S. The molecule has 3 rings (SSSR count). The Morgan fingerprint density at radius 2 is 2.35 bits per heavy atom. The average Bonchev–Trinajstić information content (AvgIpc) is 3.12. The number of fused-ring (bicyclic) bond motifs is 1. The SMILES string of the molecule is COC(=O)CSc1nnc(-c2n[nH]c3c2CCC3)n1N. The number of hydrogen-bond donors (Lipinski definition) is 2. The van der Waals surface area contributed by atoms with Gasteiger partial charge in [0.05, 0.1) is 12.9 Å². The summed E-state index contributed by atoms with van der Waals surface area (Å²) in [6.45, 7) is 0. The molecule has 0 saturated carbocycles. The van der Waals surface area contributed by atoms with Crippen molar-refractivity contribution in [1.29, 1.82) is 0 Å². The predicted molar refractivity (Wildman–Crippen MR) is 72.5 cm³/mol. The Kier molecular flexibility index (Phi) is 3.35. The normalized spacial score (nSPS) is 13.4. The van der Waals surface area contributed by atoms with Crippen LogP contribution >= 0.6 is 11.8 Å². The lowest BCUT2D eigenvalue weighted by Gasteiger charge is -2.02. The number of carbonyl (C=O) groups excluding carboxylic acids is 1. The third-order valence-corrected chi connectivity index (χ3v) is 4.15. The fourth-order valence-corrected chi connectivity index (χ4v) is 2.91. The zero-order valence-electron chi connectivity index (χ0n) is 10.9. The molecule has 2 heterocycles. The van der Waals surface area contributed by atoms with Crippen LogP contribution < -0.4 is 5.84 Å². The Morgan fingerprint density at radius 1 is 1.50 bits per heavy atom. The number of nitrogens with zero attached hydrogens (tertiary/aromatic N) is 4. The number of nitrogens with two attached hydrogens (primary N) is 1. The molecule has 8 nitrogen and oxygen atoms in total. The Hall–Kier alpha value is -2.03. The molecule has 0 aromatic carbocycles. The number of aromatic nitrogens is 5. The molecule has 2 aromatic rings. The molecule has 0 spiro atoms. The van der Waals surface area contributed by atoms with Crippen LogP contribution in [0.15, 0.2) is 5.16 Å². The number of nitrogens with one attached hydrogen (secondary N) is 1. The van der Waals surface area contributed by atoms with Crippen molar-refractivity contribution in [3.8, 4) is 11.5 Å². The topological polar surface area (TPSA) is 112 Å². The lowest BCUT2D eigenvalue weighted by molar-refractivity contribution is -0.137. The van der Waals surface area contributed by atoms with Crippen molar-refractivity contribution in [3.05, 3.63) is 11.3 Å². The number of H-pyrrole nitrogens is 1. The van der Waals surface area contributed by atoms with E-state index >= 15 is 0 Å². The smallest absolute Gasteiger partial charge is 0.316 e. The van der Waals surface area contributed by atoms with Crippen LogP contribution in [0.1, 0.15) is 17.7 Å². The standard InChI is InChI=1S/C11H14N6O2S/c1-19-8(18)5-20-11-16-15-10(17(11)12)9-6-3-2-4-7(6)13-14-9/h2-5,12H2,1H3,(H,13,14). The second-order valence-electron chi connectivity index (χ2n) is 4.42. The van der Waals surface area contributed by atoms with Crippen molar-refractivity contribution < 1.29 is 9.53 Å². The number of aryl methyl sites for hydroxylation is 1. The van der Waals surface area contributed by atoms with E-state index in [9.17, 15) is 4.79 Å². The van der Waals surface area contributed by atoms with Crippen LogP contribution in [0, 0.1) is 0 Å². The summed E-state index contributed by atoms with van der Waals surface area (Å²) in [5.74, 6) is 6.30. The molecule has 0 amide bonds. The van der Waals surface area contributed by atoms with E-state index in [-0.39, 0.29) is 11.7 Å². The lowest BCUT2D eigenvalue weighted by atomic mass is 10.2. The third-order valence-electron chi connectivity index (χ3n) is 3.23. The highest BCUT2D eigenvalue weighted by Gasteiger charge is 2.24. The van der Waals surface area contributed by atoms with Gasteiger partial charge in [0, 0.05) is 11.3 Å². The average molecular weight is 294 g/mol.